The van der Waals surface area contributed by atoms with E-state index in [0.717, 1.165) is 5.69 Å². The Kier molecular flexibility index (Phi) is 5.87. The van der Waals surface area contributed by atoms with Crippen LogP contribution in [0.3, 0.4) is 0 Å². The van der Waals surface area contributed by atoms with E-state index >= 15 is 0 Å². The molecule has 41 heavy (non-hydrogen) atoms. The van der Waals surface area contributed by atoms with Crippen molar-refractivity contribution in [1.29, 1.82) is 0 Å². The number of para-hydroxylation sites is 1. The minimum atomic E-state index is -0.0688. The van der Waals surface area contributed by atoms with Crippen LogP contribution in [0.4, 0.5) is 17.1 Å². The van der Waals surface area contributed by atoms with Gasteiger partial charge in [0.25, 0.3) is 0 Å². The molecule has 6 aromatic carbocycles. The fourth-order valence-corrected chi connectivity index (χ4v) is 6.63. The molecule has 200 valence electrons. The van der Waals surface area contributed by atoms with E-state index in [9.17, 15) is 0 Å². The molecule has 0 N–H and O–H groups in total. The number of nitrogens with zero attached hydrogens (tertiary/aromatic N) is 1. The molecule has 0 bridgehead atoms. The number of hydrogen-bond donors (Lipinski definition) is 0. The summed E-state index contributed by atoms with van der Waals surface area (Å²) in [6.07, 6.45) is 0. The highest BCUT2D eigenvalue weighted by Crippen LogP contribution is 2.55. The van der Waals surface area contributed by atoms with Gasteiger partial charge in [-0.2, -0.15) is 0 Å². The zero-order valence-electron chi connectivity index (χ0n) is 24.2. The van der Waals surface area contributed by atoms with Crippen LogP contribution < -0.4 is 4.90 Å². The van der Waals surface area contributed by atoms with Gasteiger partial charge in [0.2, 0.25) is 0 Å². The van der Waals surface area contributed by atoms with Crippen LogP contribution >= 0.6 is 0 Å². The van der Waals surface area contributed by atoms with Crippen LogP contribution in [0.25, 0.3) is 33.0 Å². The number of hydrogen-bond acceptors (Lipinski definition) is 1. The van der Waals surface area contributed by atoms with Crippen LogP contribution in [0.2, 0.25) is 0 Å². The Labute approximate surface area is 243 Å². The minimum absolute atomic E-state index is 0.0229. The topological polar surface area (TPSA) is 3.24 Å². The van der Waals surface area contributed by atoms with E-state index in [0.29, 0.717) is 0 Å². The molecule has 1 heteroatoms. The standard InChI is InChI=1S/C40H35N/c1-39(2)36-20-12-10-19-34(36)35-25-24-32(27-37(35)40(39,3)4)41(31-23-22-28-14-8-9-17-30(28)26-31)38-21-13-11-18-33(38)29-15-6-5-7-16-29/h5-27H,1-4H3. The quantitative estimate of drug-likeness (QED) is 0.219. The summed E-state index contributed by atoms with van der Waals surface area (Å²) in [6.45, 7) is 9.61. The normalized spacial score (nSPS) is 14.7. The average molecular weight is 530 g/mol. The number of benzene rings is 6. The van der Waals surface area contributed by atoms with Crippen LogP contribution in [-0.4, -0.2) is 0 Å². The third-order valence-electron chi connectivity index (χ3n) is 9.61. The Morgan fingerprint density at radius 3 is 1.78 bits per heavy atom. The van der Waals surface area contributed by atoms with Gasteiger partial charge in [0, 0.05) is 16.9 Å². The lowest BCUT2D eigenvalue weighted by atomic mass is 9.55. The summed E-state index contributed by atoms with van der Waals surface area (Å²) in [6, 6.07) is 51.0. The van der Waals surface area contributed by atoms with Crippen molar-refractivity contribution in [1.82, 2.24) is 0 Å². The second-order valence-corrected chi connectivity index (χ2v) is 12.3. The Morgan fingerprint density at radius 1 is 0.415 bits per heavy atom. The van der Waals surface area contributed by atoms with Crippen molar-refractivity contribution in [3.05, 3.63) is 151 Å². The van der Waals surface area contributed by atoms with Crippen molar-refractivity contribution < 1.29 is 0 Å². The van der Waals surface area contributed by atoms with Gasteiger partial charge in [-0.25, -0.2) is 0 Å². The molecule has 0 unspecified atom stereocenters. The highest BCUT2D eigenvalue weighted by Gasteiger charge is 2.45. The van der Waals surface area contributed by atoms with Crippen LogP contribution in [0, 0.1) is 0 Å². The Hall–Kier alpha value is -4.62. The smallest absolute Gasteiger partial charge is 0.0540 e. The monoisotopic (exact) mass is 529 g/mol. The molecule has 0 aromatic heterocycles. The van der Waals surface area contributed by atoms with Gasteiger partial charge in [-0.15, -0.1) is 0 Å². The molecule has 6 aromatic rings. The summed E-state index contributed by atoms with van der Waals surface area (Å²) in [5.41, 5.74) is 11.3. The molecule has 1 aliphatic rings. The molecule has 0 saturated carbocycles. The SMILES string of the molecule is CC1(C)c2ccccc2-c2ccc(N(c3ccc4ccccc4c3)c3ccccc3-c3ccccc3)cc2C1(C)C. The summed E-state index contributed by atoms with van der Waals surface area (Å²) in [4.78, 5) is 2.44. The number of anilines is 3. The molecule has 0 heterocycles. The van der Waals surface area contributed by atoms with Crippen LogP contribution in [0.5, 0.6) is 0 Å². The first-order valence-electron chi connectivity index (χ1n) is 14.5. The Balaban J connectivity index is 1.50. The fourth-order valence-electron chi connectivity index (χ4n) is 6.63. The van der Waals surface area contributed by atoms with Crippen molar-refractivity contribution in [3.8, 4) is 22.3 Å². The van der Waals surface area contributed by atoms with Crippen molar-refractivity contribution in [2.45, 2.75) is 38.5 Å². The minimum Gasteiger partial charge on any atom is -0.310 e. The van der Waals surface area contributed by atoms with Gasteiger partial charge in [-0.1, -0.05) is 137 Å². The molecule has 0 atom stereocenters. The van der Waals surface area contributed by atoms with E-state index in [1.165, 1.54) is 55.5 Å². The molecular weight excluding hydrogens is 494 g/mol. The molecule has 0 aliphatic heterocycles. The molecular formula is C40H35N. The summed E-state index contributed by atoms with van der Waals surface area (Å²) < 4.78 is 0. The second-order valence-electron chi connectivity index (χ2n) is 12.3. The first-order chi connectivity index (χ1) is 19.9. The van der Waals surface area contributed by atoms with E-state index in [-0.39, 0.29) is 10.8 Å². The summed E-state index contributed by atoms with van der Waals surface area (Å²) in [5.74, 6) is 0. The molecule has 1 nitrogen and oxygen atoms in total. The van der Waals surface area contributed by atoms with Crippen molar-refractivity contribution in [2.75, 3.05) is 4.90 Å². The maximum Gasteiger partial charge on any atom is 0.0540 e. The van der Waals surface area contributed by atoms with E-state index < -0.39 is 0 Å². The molecule has 7 rings (SSSR count). The van der Waals surface area contributed by atoms with Gasteiger partial charge < -0.3 is 4.90 Å². The maximum atomic E-state index is 2.45. The van der Waals surface area contributed by atoms with Crippen LogP contribution in [0.1, 0.15) is 38.8 Å². The van der Waals surface area contributed by atoms with Crippen molar-refractivity contribution in [3.63, 3.8) is 0 Å². The van der Waals surface area contributed by atoms with Gasteiger partial charge in [0.1, 0.15) is 0 Å². The largest absolute Gasteiger partial charge is 0.310 e. The van der Waals surface area contributed by atoms with Gasteiger partial charge >= 0.3 is 0 Å². The second kappa shape index (κ2) is 9.49. The summed E-state index contributed by atoms with van der Waals surface area (Å²) >= 11 is 0. The number of rotatable bonds is 4. The lowest BCUT2D eigenvalue weighted by Gasteiger charge is -2.48. The van der Waals surface area contributed by atoms with E-state index in [4.69, 9.17) is 0 Å². The van der Waals surface area contributed by atoms with Crippen LogP contribution in [-0.2, 0) is 10.8 Å². The lowest BCUT2D eigenvalue weighted by Crippen LogP contribution is -2.43. The highest BCUT2D eigenvalue weighted by atomic mass is 15.1. The summed E-state index contributed by atoms with van der Waals surface area (Å²) in [7, 11) is 0. The van der Waals surface area contributed by atoms with E-state index in [1.54, 1.807) is 0 Å². The predicted molar refractivity (Wildman–Crippen MR) is 176 cm³/mol. The number of fused-ring (bicyclic) bond motifs is 4. The summed E-state index contributed by atoms with van der Waals surface area (Å²) in [5, 5.41) is 2.48. The van der Waals surface area contributed by atoms with Gasteiger partial charge in [-0.05, 0) is 79.8 Å². The zero-order chi connectivity index (χ0) is 28.2. The van der Waals surface area contributed by atoms with Crippen LogP contribution in [0.15, 0.2) is 140 Å². The van der Waals surface area contributed by atoms with E-state index in [1.807, 2.05) is 0 Å². The van der Waals surface area contributed by atoms with E-state index in [2.05, 4.69) is 172 Å². The van der Waals surface area contributed by atoms with Crippen molar-refractivity contribution in [2.24, 2.45) is 0 Å². The van der Waals surface area contributed by atoms with Crippen molar-refractivity contribution >= 4 is 27.8 Å². The molecule has 1 aliphatic carbocycles. The lowest BCUT2D eigenvalue weighted by molar-refractivity contribution is 0.299. The Morgan fingerprint density at radius 2 is 0.976 bits per heavy atom. The molecule has 0 radical (unpaired) electrons. The fraction of sp³-hybridized carbons (Fsp3) is 0.150. The zero-order valence-corrected chi connectivity index (χ0v) is 24.2. The maximum absolute atomic E-state index is 2.45. The Bertz CT molecular complexity index is 1890. The third-order valence-corrected chi connectivity index (χ3v) is 9.61. The first-order valence-corrected chi connectivity index (χ1v) is 14.5. The highest BCUT2D eigenvalue weighted by molar-refractivity contribution is 5.93. The molecule has 0 amide bonds. The molecule has 0 fully saturated rings. The first kappa shape index (κ1) is 25.4. The predicted octanol–water partition coefficient (Wildman–Crippen LogP) is 11.2. The molecule has 0 spiro atoms. The van der Waals surface area contributed by atoms with Gasteiger partial charge in [-0.3, -0.25) is 0 Å². The average Bonchev–Trinajstić information content (AvgIpc) is 3.01. The third kappa shape index (κ3) is 3.99. The van der Waals surface area contributed by atoms with Gasteiger partial charge in [0.05, 0.1) is 5.69 Å². The molecule has 0 saturated heterocycles. The van der Waals surface area contributed by atoms with Gasteiger partial charge in [0.15, 0.2) is 0 Å².